The Morgan fingerprint density at radius 1 is 1.15 bits per heavy atom. The van der Waals surface area contributed by atoms with Crippen molar-refractivity contribution < 1.29 is 14.1 Å². The maximum absolute atomic E-state index is 12.1. The van der Waals surface area contributed by atoms with E-state index in [1.54, 1.807) is 12.1 Å². The van der Waals surface area contributed by atoms with E-state index in [1.807, 2.05) is 51.1 Å². The van der Waals surface area contributed by atoms with Crippen molar-refractivity contribution in [3.63, 3.8) is 0 Å². The normalized spacial score (nSPS) is 10.6. The van der Waals surface area contributed by atoms with Gasteiger partial charge in [0.1, 0.15) is 5.75 Å². The second kappa shape index (κ2) is 7.82. The Bertz CT molecular complexity index is 901. The van der Waals surface area contributed by atoms with E-state index in [-0.39, 0.29) is 12.5 Å². The molecule has 134 valence electrons. The molecule has 0 saturated carbocycles. The number of benzene rings is 2. The number of hydrogen-bond acceptors (Lipinski definition) is 5. The molecule has 1 amide bonds. The number of nitrogens with zero attached hydrogens (tertiary/aromatic N) is 2. The second-order valence-electron chi connectivity index (χ2n) is 6.05. The highest BCUT2D eigenvalue weighted by Gasteiger charge is 2.09. The summed E-state index contributed by atoms with van der Waals surface area (Å²) >= 11 is 0. The predicted octanol–water partition coefficient (Wildman–Crippen LogP) is 3.93. The molecule has 0 aliphatic carbocycles. The smallest absolute Gasteiger partial charge is 0.262 e. The van der Waals surface area contributed by atoms with Crippen LogP contribution in [0, 0.1) is 13.8 Å². The number of hydrogen-bond donors (Lipinski definition) is 1. The first-order valence-electron chi connectivity index (χ1n) is 8.48. The van der Waals surface area contributed by atoms with Crippen LogP contribution in [0.3, 0.4) is 0 Å². The molecule has 1 N–H and O–H groups in total. The minimum Gasteiger partial charge on any atom is -0.484 e. The third-order valence-corrected chi connectivity index (χ3v) is 3.91. The molecule has 0 bridgehead atoms. The number of amides is 1. The SMILES string of the molecule is CCc1noc(-c2ccc(OCC(=O)Nc3ccc(C)cc3C)cc2)n1. The van der Waals surface area contributed by atoms with Crippen LogP contribution in [0.5, 0.6) is 5.75 Å². The van der Waals surface area contributed by atoms with Gasteiger partial charge in [-0.1, -0.05) is 29.8 Å². The van der Waals surface area contributed by atoms with Gasteiger partial charge in [0, 0.05) is 17.7 Å². The molecule has 1 aromatic heterocycles. The first kappa shape index (κ1) is 17.7. The molecule has 6 heteroatoms. The lowest BCUT2D eigenvalue weighted by Crippen LogP contribution is -2.20. The zero-order valence-corrected chi connectivity index (χ0v) is 15.1. The third kappa shape index (κ3) is 4.27. The molecule has 0 saturated heterocycles. The monoisotopic (exact) mass is 351 g/mol. The standard InChI is InChI=1S/C20H21N3O3/c1-4-18-22-20(26-23-18)15-6-8-16(9-7-15)25-12-19(24)21-17-10-5-13(2)11-14(17)3/h5-11H,4,12H2,1-3H3,(H,21,24). The van der Waals surface area contributed by atoms with Gasteiger partial charge in [0.05, 0.1) is 0 Å². The van der Waals surface area contributed by atoms with Crippen LogP contribution in [0.4, 0.5) is 5.69 Å². The van der Waals surface area contributed by atoms with Gasteiger partial charge >= 0.3 is 0 Å². The highest BCUT2D eigenvalue weighted by molar-refractivity contribution is 5.92. The Morgan fingerprint density at radius 3 is 2.58 bits per heavy atom. The second-order valence-corrected chi connectivity index (χ2v) is 6.05. The van der Waals surface area contributed by atoms with Gasteiger partial charge in [-0.25, -0.2) is 0 Å². The lowest BCUT2D eigenvalue weighted by Gasteiger charge is -2.10. The fourth-order valence-electron chi connectivity index (χ4n) is 2.50. The van der Waals surface area contributed by atoms with E-state index in [2.05, 4.69) is 15.5 Å². The Hall–Kier alpha value is -3.15. The number of carbonyl (C=O) groups excluding carboxylic acids is 1. The summed E-state index contributed by atoms with van der Waals surface area (Å²) in [6.45, 7) is 5.88. The van der Waals surface area contributed by atoms with Crippen molar-refractivity contribution in [1.82, 2.24) is 10.1 Å². The van der Waals surface area contributed by atoms with E-state index in [0.29, 0.717) is 17.5 Å². The Morgan fingerprint density at radius 2 is 1.92 bits per heavy atom. The van der Waals surface area contributed by atoms with Crippen molar-refractivity contribution >= 4 is 11.6 Å². The topological polar surface area (TPSA) is 77.2 Å². The van der Waals surface area contributed by atoms with E-state index in [1.165, 1.54) is 0 Å². The first-order chi connectivity index (χ1) is 12.5. The predicted molar refractivity (Wildman–Crippen MR) is 99.2 cm³/mol. The summed E-state index contributed by atoms with van der Waals surface area (Å²) in [7, 11) is 0. The lowest BCUT2D eigenvalue weighted by molar-refractivity contribution is -0.118. The Labute approximate surface area is 152 Å². The van der Waals surface area contributed by atoms with Crippen LogP contribution in [0.2, 0.25) is 0 Å². The molecule has 0 fully saturated rings. The highest BCUT2D eigenvalue weighted by Crippen LogP contribution is 2.21. The summed E-state index contributed by atoms with van der Waals surface area (Å²) in [6, 6.07) is 13.1. The summed E-state index contributed by atoms with van der Waals surface area (Å²) in [5.74, 6) is 1.54. The summed E-state index contributed by atoms with van der Waals surface area (Å²) in [5.41, 5.74) is 3.78. The summed E-state index contributed by atoms with van der Waals surface area (Å²) in [4.78, 5) is 16.4. The van der Waals surface area contributed by atoms with E-state index < -0.39 is 0 Å². The molecule has 6 nitrogen and oxygen atoms in total. The molecule has 1 heterocycles. The fourth-order valence-corrected chi connectivity index (χ4v) is 2.50. The van der Waals surface area contributed by atoms with E-state index in [4.69, 9.17) is 9.26 Å². The minimum absolute atomic E-state index is 0.0623. The molecule has 0 radical (unpaired) electrons. The van der Waals surface area contributed by atoms with Gasteiger partial charge in [0.2, 0.25) is 0 Å². The summed E-state index contributed by atoms with van der Waals surface area (Å²) in [5, 5.41) is 6.73. The van der Waals surface area contributed by atoms with E-state index in [9.17, 15) is 4.79 Å². The molecule has 0 atom stereocenters. The van der Waals surface area contributed by atoms with Crippen molar-refractivity contribution in [2.45, 2.75) is 27.2 Å². The average molecular weight is 351 g/mol. The molecule has 0 aliphatic heterocycles. The van der Waals surface area contributed by atoms with Crippen LogP contribution in [0.25, 0.3) is 11.5 Å². The van der Waals surface area contributed by atoms with Crippen LogP contribution in [0.1, 0.15) is 23.9 Å². The van der Waals surface area contributed by atoms with Gasteiger partial charge in [0.15, 0.2) is 12.4 Å². The number of aryl methyl sites for hydroxylation is 3. The maximum atomic E-state index is 12.1. The van der Waals surface area contributed by atoms with Gasteiger partial charge in [-0.3, -0.25) is 4.79 Å². The van der Waals surface area contributed by atoms with Crippen molar-refractivity contribution in [2.75, 3.05) is 11.9 Å². The van der Waals surface area contributed by atoms with Gasteiger partial charge < -0.3 is 14.6 Å². The zero-order valence-electron chi connectivity index (χ0n) is 15.1. The van der Waals surface area contributed by atoms with Gasteiger partial charge in [-0.15, -0.1) is 0 Å². The summed E-state index contributed by atoms with van der Waals surface area (Å²) < 4.78 is 10.7. The minimum atomic E-state index is -0.203. The zero-order chi connectivity index (χ0) is 18.5. The quantitative estimate of drug-likeness (QED) is 0.728. The van der Waals surface area contributed by atoms with Crippen molar-refractivity contribution in [1.29, 1.82) is 0 Å². The molecular weight excluding hydrogens is 330 g/mol. The number of nitrogens with one attached hydrogen (secondary N) is 1. The van der Waals surface area contributed by atoms with Crippen LogP contribution in [0.15, 0.2) is 47.0 Å². The molecule has 0 unspecified atom stereocenters. The van der Waals surface area contributed by atoms with Crippen molar-refractivity contribution in [3.05, 3.63) is 59.4 Å². The van der Waals surface area contributed by atoms with Gasteiger partial charge in [0.25, 0.3) is 11.8 Å². The van der Waals surface area contributed by atoms with Crippen molar-refractivity contribution in [3.8, 4) is 17.2 Å². The largest absolute Gasteiger partial charge is 0.484 e. The van der Waals surface area contributed by atoms with E-state index >= 15 is 0 Å². The average Bonchev–Trinajstić information content (AvgIpc) is 3.12. The number of rotatable bonds is 6. The fraction of sp³-hybridized carbons (Fsp3) is 0.250. The first-order valence-corrected chi connectivity index (χ1v) is 8.48. The van der Waals surface area contributed by atoms with Crippen LogP contribution in [-0.4, -0.2) is 22.7 Å². The summed E-state index contributed by atoms with van der Waals surface area (Å²) in [6.07, 6.45) is 0.722. The molecule has 3 rings (SSSR count). The molecule has 3 aromatic rings. The Kier molecular flexibility index (Phi) is 5.31. The number of carbonyl (C=O) groups is 1. The number of aromatic nitrogens is 2. The van der Waals surface area contributed by atoms with E-state index in [0.717, 1.165) is 28.8 Å². The van der Waals surface area contributed by atoms with Gasteiger partial charge in [-0.2, -0.15) is 4.98 Å². The molecular formula is C20H21N3O3. The van der Waals surface area contributed by atoms with Gasteiger partial charge in [-0.05, 0) is 49.7 Å². The number of anilines is 1. The maximum Gasteiger partial charge on any atom is 0.262 e. The molecule has 26 heavy (non-hydrogen) atoms. The number of ether oxygens (including phenoxy) is 1. The Balaban J connectivity index is 1.56. The van der Waals surface area contributed by atoms with Crippen LogP contribution < -0.4 is 10.1 Å². The lowest BCUT2D eigenvalue weighted by atomic mass is 10.1. The molecule has 0 aliphatic rings. The van der Waals surface area contributed by atoms with Crippen LogP contribution in [-0.2, 0) is 11.2 Å². The third-order valence-electron chi connectivity index (χ3n) is 3.91. The van der Waals surface area contributed by atoms with Crippen LogP contribution >= 0.6 is 0 Å². The molecule has 0 spiro atoms. The van der Waals surface area contributed by atoms with Crippen molar-refractivity contribution in [2.24, 2.45) is 0 Å². The highest BCUT2D eigenvalue weighted by atomic mass is 16.5. The molecule has 2 aromatic carbocycles.